The summed E-state index contributed by atoms with van der Waals surface area (Å²) >= 11 is 3.03. The highest BCUT2D eigenvalue weighted by Gasteiger charge is 2.03. The molecule has 1 aromatic rings. The lowest BCUT2D eigenvalue weighted by Crippen LogP contribution is -2.28. The van der Waals surface area contributed by atoms with E-state index in [9.17, 15) is 9.18 Å². The van der Waals surface area contributed by atoms with Gasteiger partial charge in [-0.2, -0.15) is 0 Å². The van der Waals surface area contributed by atoms with Crippen LogP contribution in [0.4, 0.5) is 4.39 Å². The van der Waals surface area contributed by atoms with E-state index in [2.05, 4.69) is 21.2 Å². The summed E-state index contributed by atoms with van der Waals surface area (Å²) in [7, 11) is 0. The third-order valence-corrected chi connectivity index (χ3v) is 2.24. The molecule has 5 heteroatoms. The topological polar surface area (TPSA) is 38.3 Å². The predicted octanol–water partition coefficient (Wildman–Crippen LogP) is 2.10. The van der Waals surface area contributed by atoms with Crippen LogP contribution in [0.3, 0.4) is 0 Å². The highest BCUT2D eigenvalue weighted by atomic mass is 79.9. The minimum Gasteiger partial charge on any atom is -0.484 e. The SMILES string of the molecule is CCNC(=O)COc1ccc(F)c(Br)c1. The van der Waals surface area contributed by atoms with Crippen molar-refractivity contribution in [1.29, 1.82) is 0 Å². The van der Waals surface area contributed by atoms with Crippen LogP contribution in [0.15, 0.2) is 22.7 Å². The maximum absolute atomic E-state index is 12.8. The number of carbonyl (C=O) groups excluding carboxylic acids is 1. The van der Waals surface area contributed by atoms with Crippen molar-refractivity contribution in [1.82, 2.24) is 5.32 Å². The third-order valence-electron chi connectivity index (χ3n) is 1.63. The van der Waals surface area contributed by atoms with E-state index in [0.29, 0.717) is 16.8 Å². The van der Waals surface area contributed by atoms with Crippen molar-refractivity contribution < 1.29 is 13.9 Å². The minimum atomic E-state index is -0.361. The first-order valence-corrected chi connectivity index (χ1v) is 5.27. The fraction of sp³-hybridized carbons (Fsp3) is 0.300. The van der Waals surface area contributed by atoms with Crippen LogP contribution in [0.25, 0.3) is 0 Å². The van der Waals surface area contributed by atoms with Gasteiger partial charge in [0.2, 0.25) is 0 Å². The van der Waals surface area contributed by atoms with Gasteiger partial charge < -0.3 is 10.1 Å². The zero-order valence-electron chi connectivity index (χ0n) is 8.22. The first-order valence-electron chi connectivity index (χ1n) is 4.48. The summed E-state index contributed by atoms with van der Waals surface area (Å²) in [4.78, 5) is 11.0. The number of halogens is 2. The summed E-state index contributed by atoms with van der Waals surface area (Å²) in [5.41, 5.74) is 0. The Labute approximate surface area is 95.7 Å². The van der Waals surface area contributed by atoms with Crippen LogP contribution in [-0.2, 0) is 4.79 Å². The molecule has 0 aliphatic rings. The fourth-order valence-corrected chi connectivity index (χ4v) is 1.32. The van der Waals surface area contributed by atoms with Gasteiger partial charge in [0.25, 0.3) is 5.91 Å². The lowest BCUT2D eigenvalue weighted by atomic mass is 10.3. The monoisotopic (exact) mass is 275 g/mol. The van der Waals surface area contributed by atoms with Crippen molar-refractivity contribution in [3.63, 3.8) is 0 Å². The molecule has 0 fully saturated rings. The molecule has 0 saturated heterocycles. The number of nitrogens with one attached hydrogen (secondary N) is 1. The van der Waals surface area contributed by atoms with Gasteiger partial charge in [0.15, 0.2) is 6.61 Å². The van der Waals surface area contributed by atoms with E-state index >= 15 is 0 Å². The molecule has 0 heterocycles. The number of ether oxygens (including phenoxy) is 1. The molecule has 1 aromatic carbocycles. The Hall–Kier alpha value is -1.10. The molecular weight excluding hydrogens is 265 g/mol. The lowest BCUT2D eigenvalue weighted by Gasteiger charge is -2.06. The second-order valence-electron chi connectivity index (χ2n) is 2.82. The molecule has 1 rings (SSSR count). The van der Waals surface area contributed by atoms with E-state index in [1.807, 2.05) is 6.92 Å². The van der Waals surface area contributed by atoms with Crippen molar-refractivity contribution in [2.75, 3.05) is 13.2 Å². The van der Waals surface area contributed by atoms with Gasteiger partial charge >= 0.3 is 0 Å². The molecule has 3 nitrogen and oxygen atoms in total. The highest BCUT2D eigenvalue weighted by Crippen LogP contribution is 2.21. The number of carbonyl (C=O) groups is 1. The molecule has 0 radical (unpaired) electrons. The Morgan fingerprint density at radius 3 is 2.93 bits per heavy atom. The van der Waals surface area contributed by atoms with Gasteiger partial charge in [0.05, 0.1) is 4.47 Å². The number of rotatable bonds is 4. The van der Waals surface area contributed by atoms with Crippen LogP contribution in [0.2, 0.25) is 0 Å². The van der Waals surface area contributed by atoms with Crippen molar-refractivity contribution in [2.24, 2.45) is 0 Å². The summed E-state index contributed by atoms with van der Waals surface area (Å²) in [5.74, 6) is -0.104. The number of likely N-dealkylation sites (N-methyl/N-ethyl adjacent to an activating group) is 1. The Morgan fingerprint density at radius 2 is 2.33 bits per heavy atom. The number of hydrogen-bond donors (Lipinski definition) is 1. The maximum Gasteiger partial charge on any atom is 0.257 e. The standard InChI is InChI=1S/C10H11BrFNO2/c1-2-13-10(14)6-15-7-3-4-9(12)8(11)5-7/h3-5H,2,6H2,1H3,(H,13,14). The lowest BCUT2D eigenvalue weighted by molar-refractivity contribution is -0.122. The molecule has 0 bridgehead atoms. The maximum atomic E-state index is 12.8. The van der Waals surface area contributed by atoms with Crippen LogP contribution < -0.4 is 10.1 Å². The summed E-state index contributed by atoms with van der Waals surface area (Å²) in [5, 5.41) is 2.59. The molecule has 15 heavy (non-hydrogen) atoms. The number of amides is 1. The Morgan fingerprint density at radius 1 is 1.60 bits per heavy atom. The molecule has 0 aliphatic carbocycles. The van der Waals surface area contributed by atoms with E-state index in [1.54, 1.807) is 0 Å². The smallest absolute Gasteiger partial charge is 0.257 e. The van der Waals surface area contributed by atoms with E-state index in [1.165, 1.54) is 18.2 Å². The molecule has 0 aliphatic heterocycles. The zero-order valence-corrected chi connectivity index (χ0v) is 9.80. The van der Waals surface area contributed by atoms with Crippen molar-refractivity contribution >= 4 is 21.8 Å². The molecule has 1 amide bonds. The number of hydrogen-bond acceptors (Lipinski definition) is 2. The molecule has 0 aromatic heterocycles. The van der Waals surface area contributed by atoms with Crippen LogP contribution in [0, 0.1) is 5.82 Å². The van der Waals surface area contributed by atoms with Gasteiger partial charge in [-0.3, -0.25) is 4.79 Å². The van der Waals surface area contributed by atoms with Crippen LogP contribution in [0.1, 0.15) is 6.92 Å². The summed E-state index contributed by atoms with van der Waals surface area (Å²) in [6.07, 6.45) is 0. The Bertz CT molecular complexity index is 357. The van der Waals surface area contributed by atoms with Gasteiger partial charge in [-0.25, -0.2) is 4.39 Å². The highest BCUT2D eigenvalue weighted by molar-refractivity contribution is 9.10. The summed E-state index contributed by atoms with van der Waals surface area (Å²) < 4.78 is 18.3. The molecule has 1 N–H and O–H groups in total. The van der Waals surface area contributed by atoms with Crippen LogP contribution in [-0.4, -0.2) is 19.1 Å². The fourth-order valence-electron chi connectivity index (χ4n) is 0.964. The molecule has 0 unspecified atom stereocenters. The van der Waals surface area contributed by atoms with Crippen LogP contribution >= 0.6 is 15.9 Å². The van der Waals surface area contributed by atoms with Crippen molar-refractivity contribution in [3.8, 4) is 5.75 Å². The second-order valence-corrected chi connectivity index (χ2v) is 3.67. The van der Waals surface area contributed by atoms with E-state index in [4.69, 9.17) is 4.74 Å². The van der Waals surface area contributed by atoms with Gasteiger partial charge in [0, 0.05) is 6.54 Å². The first kappa shape index (κ1) is 12.0. The van der Waals surface area contributed by atoms with Gasteiger partial charge in [-0.05, 0) is 41.1 Å². The Balaban J connectivity index is 2.51. The molecular formula is C10H11BrFNO2. The molecule has 0 spiro atoms. The van der Waals surface area contributed by atoms with Gasteiger partial charge in [0.1, 0.15) is 11.6 Å². The van der Waals surface area contributed by atoms with E-state index in [-0.39, 0.29) is 18.3 Å². The van der Waals surface area contributed by atoms with E-state index in [0.717, 1.165) is 0 Å². The summed E-state index contributed by atoms with van der Waals surface area (Å²) in [6, 6.07) is 4.23. The average Bonchev–Trinajstić information content (AvgIpc) is 2.20. The predicted molar refractivity (Wildman–Crippen MR) is 58.3 cm³/mol. The first-order chi connectivity index (χ1) is 7.13. The largest absolute Gasteiger partial charge is 0.484 e. The third kappa shape index (κ3) is 3.87. The zero-order chi connectivity index (χ0) is 11.3. The molecule has 0 saturated carbocycles. The second kappa shape index (κ2) is 5.70. The Kier molecular flexibility index (Phi) is 4.55. The van der Waals surface area contributed by atoms with Crippen molar-refractivity contribution in [3.05, 3.63) is 28.5 Å². The normalized spacial score (nSPS) is 9.80. The molecule has 0 atom stereocenters. The number of benzene rings is 1. The van der Waals surface area contributed by atoms with Crippen molar-refractivity contribution in [2.45, 2.75) is 6.92 Å². The van der Waals surface area contributed by atoms with E-state index < -0.39 is 0 Å². The van der Waals surface area contributed by atoms with Gasteiger partial charge in [-0.1, -0.05) is 0 Å². The quantitative estimate of drug-likeness (QED) is 0.914. The minimum absolute atomic E-state index is 0.0636. The van der Waals surface area contributed by atoms with Gasteiger partial charge in [-0.15, -0.1) is 0 Å². The summed E-state index contributed by atoms with van der Waals surface area (Å²) in [6.45, 7) is 2.33. The van der Waals surface area contributed by atoms with Crippen LogP contribution in [0.5, 0.6) is 5.75 Å². The average molecular weight is 276 g/mol. The molecule has 82 valence electrons.